The molecule has 0 saturated carbocycles. The third-order valence-corrected chi connectivity index (χ3v) is 14.2. The summed E-state index contributed by atoms with van der Waals surface area (Å²) in [5.41, 5.74) is 18.3. The summed E-state index contributed by atoms with van der Waals surface area (Å²) in [7, 11) is 0. The molecular weight excluding hydrogens is 853 g/mol. The number of hydrogen-bond donors (Lipinski definition) is 0. The summed E-state index contributed by atoms with van der Waals surface area (Å²) in [6.45, 7) is 0. The number of benzene rings is 11. The molecule has 326 valence electrons. The van der Waals surface area contributed by atoms with E-state index in [9.17, 15) is 0 Å². The molecule has 2 nitrogen and oxygen atoms in total. The zero-order valence-electron chi connectivity index (χ0n) is 37.9. The lowest BCUT2D eigenvalue weighted by atomic mass is 9.98. The van der Waals surface area contributed by atoms with Crippen molar-refractivity contribution in [3.8, 4) is 55.6 Å². The monoisotopic (exact) mass is 898 g/mol. The maximum Gasteiger partial charge on any atom is 0.0540 e. The Bertz CT molecular complexity index is 3630. The van der Waals surface area contributed by atoms with Crippen molar-refractivity contribution in [2.45, 2.75) is 0 Å². The molecule has 69 heavy (non-hydrogen) atoms. The van der Waals surface area contributed by atoms with Gasteiger partial charge in [0.2, 0.25) is 0 Å². The zero-order valence-corrected chi connectivity index (χ0v) is 38.7. The van der Waals surface area contributed by atoms with E-state index >= 15 is 0 Å². The normalized spacial score (nSPS) is 11.2. The number of thiophene rings is 1. The Morgan fingerprint density at radius 3 is 1.13 bits per heavy atom. The van der Waals surface area contributed by atoms with Gasteiger partial charge in [0, 0.05) is 54.0 Å². The van der Waals surface area contributed by atoms with Crippen LogP contribution in [0.5, 0.6) is 0 Å². The lowest BCUT2D eigenvalue weighted by Gasteiger charge is -2.30. The van der Waals surface area contributed by atoms with Crippen LogP contribution in [0.1, 0.15) is 0 Å². The highest BCUT2D eigenvalue weighted by Crippen LogP contribution is 2.47. The first-order valence-electron chi connectivity index (χ1n) is 23.5. The molecule has 0 aliphatic heterocycles. The Hall–Kier alpha value is -8.76. The highest BCUT2D eigenvalue weighted by molar-refractivity contribution is 7.25. The topological polar surface area (TPSA) is 6.48 Å². The number of hydrogen-bond acceptors (Lipinski definition) is 3. The fraction of sp³-hybridized carbons (Fsp3) is 0. The summed E-state index contributed by atoms with van der Waals surface area (Å²) in [5, 5.41) is 2.56. The van der Waals surface area contributed by atoms with Crippen molar-refractivity contribution < 1.29 is 0 Å². The van der Waals surface area contributed by atoms with Crippen molar-refractivity contribution in [2.75, 3.05) is 9.80 Å². The summed E-state index contributed by atoms with van der Waals surface area (Å²) >= 11 is 1.86. The largest absolute Gasteiger partial charge is 0.310 e. The van der Waals surface area contributed by atoms with Crippen LogP contribution in [0.25, 0.3) is 75.8 Å². The van der Waals surface area contributed by atoms with Gasteiger partial charge < -0.3 is 9.80 Å². The van der Waals surface area contributed by atoms with Crippen LogP contribution in [0.4, 0.5) is 34.1 Å². The van der Waals surface area contributed by atoms with Crippen molar-refractivity contribution in [3.05, 3.63) is 279 Å². The van der Waals surface area contributed by atoms with Crippen LogP contribution >= 0.6 is 11.3 Å². The van der Waals surface area contributed by atoms with Crippen molar-refractivity contribution in [1.82, 2.24) is 0 Å². The van der Waals surface area contributed by atoms with Gasteiger partial charge in [-0.1, -0.05) is 212 Å². The molecule has 12 aromatic rings. The van der Waals surface area contributed by atoms with Gasteiger partial charge in [-0.05, 0) is 111 Å². The molecule has 0 N–H and O–H groups in total. The number of anilines is 6. The van der Waals surface area contributed by atoms with E-state index in [2.05, 4.69) is 289 Å². The van der Waals surface area contributed by atoms with Crippen LogP contribution in [-0.2, 0) is 0 Å². The fourth-order valence-corrected chi connectivity index (χ4v) is 10.9. The maximum atomic E-state index is 2.43. The predicted octanol–water partition coefficient (Wildman–Crippen LogP) is 19.3. The molecule has 0 unspecified atom stereocenters. The molecule has 12 rings (SSSR count). The Kier molecular flexibility index (Phi) is 11.2. The Morgan fingerprint density at radius 2 is 0.580 bits per heavy atom. The maximum absolute atomic E-state index is 2.43. The van der Waals surface area contributed by atoms with E-state index in [0.29, 0.717) is 0 Å². The number of rotatable bonds is 11. The quantitative estimate of drug-likeness (QED) is 0.128. The molecule has 0 aliphatic rings. The average Bonchev–Trinajstić information content (AvgIpc) is 3.80. The third kappa shape index (κ3) is 8.27. The van der Waals surface area contributed by atoms with Crippen LogP contribution in [0, 0.1) is 0 Å². The van der Waals surface area contributed by atoms with Crippen molar-refractivity contribution in [3.63, 3.8) is 0 Å². The Labute approximate surface area is 407 Å². The highest BCUT2D eigenvalue weighted by Gasteiger charge is 2.22. The summed E-state index contributed by atoms with van der Waals surface area (Å²) in [4.78, 5) is 4.83. The lowest BCUT2D eigenvalue weighted by Crippen LogP contribution is -2.12. The van der Waals surface area contributed by atoms with Gasteiger partial charge in [0.15, 0.2) is 0 Å². The Morgan fingerprint density at radius 1 is 0.217 bits per heavy atom. The van der Waals surface area contributed by atoms with Gasteiger partial charge in [-0.2, -0.15) is 0 Å². The van der Waals surface area contributed by atoms with Gasteiger partial charge in [-0.25, -0.2) is 0 Å². The molecule has 3 heteroatoms. The minimum Gasteiger partial charge on any atom is -0.310 e. The molecule has 1 aromatic heterocycles. The molecule has 0 aliphatic carbocycles. The van der Waals surface area contributed by atoms with E-state index in [0.717, 1.165) is 56.4 Å². The van der Waals surface area contributed by atoms with Crippen LogP contribution in [0.15, 0.2) is 279 Å². The van der Waals surface area contributed by atoms with Crippen molar-refractivity contribution in [1.29, 1.82) is 0 Å². The van der Waals surface area contributed by atoms with E-state index in [1.54, 1.807) is 0 Å². The van der Waals surface area contributed by atoms with E-state index < -0.39 is 0 Å². The minimum absolute atomic E-state index is 1.07. The molecular formula is C66H46N2S. The fourth-order valence-electron chi connectivity index (χ4n) is 9.71. The second kappa shape index (κ2) is 18.5. The van der Waals surface area contributed by atoms with Gasteiger partial charge in [0.25, 0.3) is 0 Å². The standard InChI is InChI=1S/C66H46N2S/c1-5-19-47(20-6-1)49-35-38-55(39-36-49)67(58-40-42-62-61-41-37-54(48-21-7-2-8-22-48)45-65(61)69-66(62)46-58)56-29-17-27-52(43-56)53-28-18-30-57(44-53)68(63-33-15-13-31-59(63)50-23-9-3-10-24-50)64-34-16-14-32-60(64)51-25-11-4-12-26-51/h1-46H. The molecule has 11 aromatic carbocycles. The second-order valence-electron chi connectivity index (χ2n) is 17.3. The van der Waals surface area contributed by atoms with E-state index in [-0.39, 0.29) is 0 Å². The van der Waals surface area contributed by atoms with E-state index in [1.165, 1.54) is 53.6 Å². The first-order valence-corrected chi connectivity index (χ1v) is 24.3. The van der Waals surface area contributed by atoms with Crippen LogP contribution in [0.2, 0.25) is 0 Å². The first-order chi connectivity index (χ1) is 34.2. The lowest BCUT2D eigenvalue weighted by molar-refractivity contribution is 1.28. The molecule has 0 fully saturated rings. The average molecular weight is 899 g/mol. The second-order valence-corrected chi connectivity index (χ2v) is 18.4. The van der Waals surface area contributed by atoms with Crippen molar-refractivity contribution >= 4 is 65.6 Å². The molecule has 0 saturated heterocycles. The number of fused-ring (bicyclic) bond motifs is 3. The van der Waals surface area contributed by atoms with Gasteiger partial charge in [0.1, 0.15) is 0 Å². The van der Waals surface area contributed by atoms with Gasteiger partial charge in [-0.15, -0.1) is 11.3 Å². The minimum atomic E-state index is 1.07. The molecule has 0 bridgehead atoms. The molecule has 0 spiro atoms. The molecule has 0 radical (unpaired) electrons. The number of para-hydroxylation sites is 2. The summed E-state index contributed by atoms with van der Waals surface area (Å²) in [5.74, 6) is 0. The predicted molar refractivity (Wildman–Crippen MR) is 296 cm³/mol. The van der Waals surface area contributed by atoms with Crippen LogP contribution in [-0.4, -0.2) is 0 Å². The van der Waals surface area contributed by atoms with Gasteiger partial charge in [0.05, 0.1) is 11.4 Å². The molecule has 0 atom stereocenters. The third-order valence-electron chi connectivity index (χ3n) is 13.1. The van der Waals surface area contributed by atoms with Gasteiger partial charge >= 0.3 is 0 Å². The first kappa shape index (κ1) is 41.7. The smallest absolute Gasteiger partial charge is 0.0540 e. The summed E-state index contributed by atoms with van der Waals surface area (Å²) in [6.07, 6.45) is 0. The van der Waals surface area contributed by atoms with Crippen LogP contribution in [0.3, 0.4) is 0 Å². The molecule has 0 amide bonds. The van der Waals surface area contributed by atoms with Crippen molar-refractivity contribution in [2.24, 2.45) is 0 Å². The number of nitrogens with zero attached hydrogens (tertiary/aromatic N) is 2. The highest BCUT2D eigenvalue weighted by atomic mass is 32.1. The zero-order chi connectivity index (χ0) is 45.9. The van der Waals surface area contributed by atoms with E-state index in [4.69, 9.17) is 0 Å². The van der Waals surface area contributed by atoms with E-state index in [1.807, 2.05) is 11.3 Å². The SMILES string of the molecule is c1ccc(-c2ccc(N(c3cccc(-c4cccc(N(c5ccccc5-c5ccccc5)c5ccccc5-c5ccccc5)c4)c3)c3ccc4c(c3)sc3cc(-c5ccccc5)ccc34)cc2)cc1. The van der Waals surface area contributed by atoms with Crippen LogP contribution < -0.4 is 9.80 Å². The molecule has 1 heterocycles. The summed E-state index contributed by atoms with van der Waals surface area (Å²) in [6, 6.07) is 101. The van der Waals surface area contributed by atoms with Gasteiger partial charge in [-0.3, -0.25) is 0 Å². The Balaban J connectivity index is 0.983. The summed E-state index contributed by atoms with van der Waals surface area (Å²) < 4.78 is 2.55.